The molecule has 0 amide bonds. The number of carbonyl (C=O) groups excluding carboxylic acids is 2. The Hall–Kier alpha value is -2.00. The van der Waals surface area contributed by atoms with Gasteiger partial charge in [-0.1, -0.05) is 55.4 Å². The van der Waals surface area contributed by atoms with Crippen LogP contribution in [0.5, 0.6) is 0 Å². The van der Waals surface area contributed by atoms with E-state index in [0.29, 0.717) is 35.5 Å². The molecule has 0 spiro atoms. The van der Waals surface area contributed by atoms with Crippen LogP contribution in [0.2, 0.25) is 0 Å². The summed E-state index contributed by atoms with van der Waals surface area (Å²) in [5, 5.41) is 41.7. The number of carbonyl (C=O) groups is 4. The van der Waals surface area contributed by atoms with Crippen LogP contribution in [0.3, 0.4) is 0 Å². The van der Waals surface area contributed by atoms with Crippen molar-refractivity contribution in [2.24, 2.45) is 62.6 Å². The minimum absolute atomic E-state index is 0.0103. The molecule has 0 aliphatic heterocycles. The fraction of sp³-hybridized carbons (Fsp3) is 0.892. The smallest absolute Gasteiger partial charge is 0.346 e. The van der Waals surface area contributed by atoms with Gasteiger partial charge in [-0.2, -0.15) is 0 Å². The molecule has 0 aromatic rings. The standard InChI is InChI=1S/C37H58O9/c1-21-11-13-32(5)16-17-33(6)23(28(32)22(21)2)9-10-25-34(33,7)14-12-24-31(3,4)15-18-37(45,35(24,25)8)30(43)46-27(40)20-36(44,29(41)42)19-26(38)39/h21-25,28,44-45H,9-20H2,1-8H3,(H,38,39)(H,41,42)/t21-,22+,23-,24+,25+,28+,32-,33-,34-,35+,36?,37?/m1/s1. The molecule has 260 valence electrons. The molecule has 12 atom stereocenters. The fourth-order valence-electron chi connectivity index (χ4n) is 12.9. The first-order valence-corrected chi connectivity index (χ1v) is 17.7. The summed E-state index contributed by atoms with van der Waals surface area (Å²) in [6.45, 7) is 18.7. The number of aliphatic hydroxyl groups is 2. The van der Waals surface area contributed by atoms with E-state index in [4.69, 9.17) is 9.84 Å². The molecule has 0 heterocycles. The quantitative estimate of drug-likeness (QED) is 0.194. The first kappa shape index (κ1) is 35.3. The minimum Gasteiger partial charge on any atom is -0.481 e. The van der Waals surface area contributed by atoms with Crippen molar-refractivity contribution in [1.29, 1.82) is 0 Å². The molecule has 5 fully saturated rings. The predicted molar refractivity (Wildman–Crippen MR) is 170 cm³/mol. The zero-order valence-corrected chi connectivity index (χ0v) is 29.3. The van der Waals surface area contributed by atoms with E-state index in [9.17, 15) is 34.5 Å². The molecule has 9 nitrogen and oxygen atoms in total. The van der Waals surface area contributed by atoms with Gasteiger partial charge in [0.05, 0.1) is 12.8 Å². The Balaban J connectivity index is 1.51. The Kier molecular flexibility index (Phi) is 8.45. The molecule has 5 aliphatic rings. The van der Waals surface area contributed by atoms with Gasteiger partial charge in [0.25, 0.3) is 0 Å². The van der Waals surface area contributed by atoms with Gasteiger partial charge in [0.2, 0.25) is 0 Å². The molecular formula is C37H58O9. The zero-order chi connectivity index (χ0) is 34.5. The van der Waals surface area contributed by atoms with Gasteiger partial charge < -0.3 is 25.2 Å². The molecule has 0 radical (unpaired) electrons. The number of ether oxygens (including phenoxy) is 1. The lowest BCUT2D eigenvalue weighted by Crippen LogP contribution is -2.73. The monoisotopic (exact) mass is 646 g/mol. The third-order valence-electron chi connectivity index (χ3n) is 15.9. The summed E-state index contributed by atoms with van der Waals surface area (Å²) in [6.07, 6.45) is 6.77. The van der Waals surface area contributed by atoms with E-state index in [1.807, 2.05) is 6.92 Å². The molecule has 0 aromatic carbocycles. The topological polar surface area (TPSA) is 158 Å². The van der Waals surface area contributed by atoms with Crippen LogP contribution in [0.4, 0.5) is 0 Å². The number of hydrogen-bond donors (Lipinski definition) is 4. The van der Waals surface area contributed by atoms with E-state index in [-0.39, 0.29) is 34.5 Å². The number of rotatable bonds is 6. The van der Waals surface area contributed by atoms with Crippen LogP contribution < -0.4 is 0 Å². The Morgan fingerprint density at radius 2 is 1.41 bits per heavy atom. The Bertz CT molecular complexity index is 1290. The van der Waals surface area contributed by atoms with E-state index >= 15 is 0 Å². The van der Waals surface area contributed by atoms with Crippen molar-refractivity contribution in [1.82, 2.24) is 0 Å². The SMILES string of the molecule is C[C@@H]1[C@H]2[C@H]3CC[C@@H]4[C@]5(C)[C@@H](CC[C@@]4(C)[C@]3(C)CC[C@@]2(C)CC[C@H]1C)C(C)(C)CCC5(O)C(=O)OC(=O)CC(O)(CC(=O)O)C(=O)O. The maximum Gasteiger partial charge on any atom is 0.346 e. The number of carboxylic acids is 2. The number of carboxylic acid groups (broad SMARTS) is 2. The van der Waals surface area contributed by atoms with Crippen molar-refractivity contribution in [2.75, 3.05) is 0 Å². The van der Waals surface area contributed by atoms with Gasteiger partial charge in [-0.3, -0.25) is 9.59 Å². The van der Waals surface area contributed by atoms with Gasteiger partial charge in [0.15, 0.2) is 11.2 Å². The second-order valence-corrected chi connectivity index (χ2v) is 18.2. The van der Waals surface area contributed by atoms with Crippen molar-refractivity contribution >= 4 is 23.9 Å². The van der Waals surface area contributed by atoms with E-state index in [2.05, 4.69) is 48.5 Å². The molecule has 46 heavy (non-hydrogen) atoms. The van der Waals surface area contributed by atoms with E-state index < -0.39 is 53.3 Å². The van der Waals surface area contributed by atoms with Crippen LogP contribution in [0.1, 0.15) is 132 Å². The van der Waals surface area contributed by atoms with Crippen LogP contribution >= 0.6 is 0 Å². The number of hydrogen-bond acceptors (Lipinski definition) is 7. The summed E-state index contributed by atoms with van der Waals surface area (Å²) in [5.74, 6) is -3.55. The van der Waals surface area contributed by atoms with Gasteiger partial charge in [0, 0.05) is 5.41 Å². The Morgan fingerprint density at radius 1 is 0.761 bits per heavy atom. The van der Waals surface area contributed by atoms with Crippen LogP contribution in [-0.2, 0) is 23.9 Å². The molecule has 0 bridgehead atoms. The highest BCUT2D eigenvalue weighted by Crippen LogP contribution is 2.78. The highest BCUT2D eigenvalue weighted by Gasteiger charge is 2.75. The maximum atomic E-state index is 14.1. The molecular weight excluding hydrogens is 588 g/mol. The molecule has 4 N–H and O–H groups in total. The summed E-state index contributed by atoms with van der Waals surface area (Å²) in [7, 11) is 0. The molecule has 5 aliphatic carbocycles. The highest BCUT2D eigenvalue weighted by molar-refractivity contribution is 5.94. The lowest BCUT2D eigenvalue weighted by Gasteiger charge is -2.75. The maximum absolute atomic E-state index is 14.1. The van der Waals surface area contributed by atoms with E-state index in [1.165, 1.54) is 19.3 Å². The van der Waals surface area contributed by atoms with Crippen LogP contribution in [0.25, 0.3) is 0 Å². The number of fused-ring (bicyclic) bond motifs is 7. The number of aliphatic carboxylic acids is 2. The third kappa shape index (κ3) is 4.82. The first-order chi connectivity index (χ1) is 21.0. The lowest BCUT2D eigenvalue weighted by molar-refractivity contribution is -0.291. The van der Waals surface area contributed by atoms with E-state index in [1.54, 1.807) is 0 Å². The predicted octanol–water partition coefficient (Wildman–Crippen LogP) is 6.23. The first-order valence-electron chi connectivity index (χ1n) is 17.7. The fourth-order valence-corrected chi connectivity index (χ4v) is 12.9. The van der Waals surface area contributed by atoms with Crippen molar-refractivity contribution in [2.45, 2.75) is 144 Å². The summed E-state index contributed by atoms with van der Waals surface area (Å²) >= 11 is 0. The molecule has 5 rings (SSSR count). The van der Waals surface area contributed by atoms with Crippen molar-refractivity contribution in [3.8, 4) is 0 Å². The average Bonchev–Trinajstić information content (AvgIpc) is 2.93. The third-order valence-corrected chi connectivity index (χ3v) is 15.9. The second kappa shape index (κ2) is 11.0. The van der Waals surface area contributed by atoms with Gasteiger partial charge in [0.1, 0.15) is 0 Å². The Labute approximate surface area is 274 Å². The van der Waals surface area contributed by atoms with Gasteiger partial charge in [-0.15, -0.1) is 0 Å². The summed E-state index contributed by atoms with van der Waals surface area (Å²) in [6, 6.07) is 0. The molecule has 0 aromatic heterocycles. The molecule has 2 unspecified atom stereocenters. The molecule has 0 saturated heterocycles. The van der Waals surface area contributed by atoms with Gasteiger partial charge in [-0.05, 0) is 121 Å². The van der Waals surface area contributed by atoms with E-state index in [0.717, 1.165) is 32.1 Å². The lowest BCUT2D eigenvalue weighted by atomic mass is 9.30. The molecule has 5 saturated carbocycles. The highest BCUT2D eigenvalue weighted by atomic mass is 16.6. The second-order valence-electron chi connectivity index (χ2n) is 18.2. The van der Waals surface area contributed by atoms with Crippen molar-refractivity contribution in [3.05, 3.63) is 0 Å². The van der Waals surface area contributed by atoms with Crippen molar-refractivity contribution in [3.63, 3.8) is 0 Å². The summed E-state index contributed by atoms with van der Waals surface area (Å²) < 4.78 is 5.21. The van der Waals surface area contributed by atoms with Crippen molar-refractivity contribution < 1.29 is 44.3 Å². The zero-order valence-electron chi connectivity index (χ0n) is 29.3. The molecule has 9 heteroatoms. The summed E-state index contributed by atoms with van der Waals surface area (Å²) in [4.78, 5) is 50.0. The largest absolute Gasteiger partial charge is 0.481 e. The normalized spacial score (nSPS) is 47.5. The van der Waals surface area contributed by atoms with Crippen LogP contribution in [0.15, 0.2) is 0 Å². The Morgan fingerprint density at radius 3 is 2.02 bits per heavy atom. The van der Waals surface area contributed by atoms with Gasteiger partial charge in [-0.25, -0.2) is 9.59 Å². The van der Waals surface area contributed by atoms with Crippen LogP contribution in [0, 0.1) is 62.6 Å². The minimum atomic E-state index is -2.94. The van der Waals surface area contributed by atoms with Crippen LogP contribution in [-0.4, -0.2) is 55.5 Å². The number of esters is 2. The average molecular weight is 647 g/mol. The van der Waals surface area contributed by atoms with Gasteiger partial charge >= 0.3 is 23.9 Å². The summed E-state index contributed by atoms with van der Waals surface area (Å²) in [5.41, 5.74) is -5.88.